The molecule has 0 spiro atoms. The molecule has 0 aromatic heterocycles. The van der Waals surface area contributed by atoms with Crippen molar-refractivity contribution in [3.63, 3.8) is 0 Å². The van der Waals surface area contributed by atoms with Crippen molar-refractivity contribution in [1.29, 1.82) is 0 Å². The van der Waals surface area contributed by atoms with E-state index < -0.39 is 5.91 Å². The number of halogens is 1. The van der Waals surface area contributed by atoms with E-state index >= 15 is 0 Å². The highest BCUT2D eigenvalue weighted by Crippen LogP contribution is 2.29. The van der Waals surface area contributed by atoms with Crippen molar-refractivity contribution in [3.8, 4) is 0 Å². The van der Waals surface area contributed by atoms with Crippen molar-refractivity contribution in [3.05, 3.63) is 129 Å². The van der Waals surface area contributed by atoms with Gasteiger partial charge in [0.15, 0.2) is 0 Å². The van der Waals surface area contributed by atoms with Gasteiger partial charge < -0.3 is 16.0 Å². The van der Waals surface area contributed by atoms with E-state index in [0.29, 0.717) is 17.7 Å². The summed E-state index contributed by atoms with van der Waals surface area (Å²) < 4.78 is 0.904. The highest BCUT2D eigenvalue weighted by Gasteiger charge is 2.19. The first-order chi connectivity index (χ1) is 20.2. The summed E-state index contributed by atoms with van der Waals surface area (Å²) in [4.78, 5) is 40.2. The van der Waals surface area contributed by atoms with Crippen LogP contribution in [0.4, 0.5) is 11.4 Å². The summed E-state index contributed by atoms with van der Waals surface area (Å²) in [6, 6.07) is 29.3. The fourth-order valence-electron chi connectivity index (χ4n) is 4.04. The first kappa shape index (κ1) is 30.8. The first-order valence-electron chi connectivity index (χ1n) is 13.5. The second kappa shape index (κ2) is 14.7. The van der Waals surface area contributed by atoms with Crippen LogP contribution in [0.2, 0.25) is 0 Å². The lowest BCUT2D eigenvalue weighted by atomic mass is 10.1. The van der Waals surface area contributed by atoms with Gasteiger partial charge in [-0.3, -0.25) is 14.4 Å². The fraction of sp³-hybridized carbons (Fsp3) is 0.147. The molecule has 4 aromatic carbocycles. The molecule has 0 aliphatic rings. The molecule has 0 aliphatic carbocycles. The van der Waals surface area contributed by atoms with Crippen molar-refractivity contribution < 1.29 is 14.4 Å². The third kappa shape index (κ3) is 8.68. The van der Waals surface area contributed by atoms with Crippen LogP contribution in [-0.2, 0) is 9.59 Å². The maximum absolute atomic E-state index is 13.4. The molecule has 0 aliphatic heterocycles. The maximum Gasteiger partial charge on any atom is 0.272 e. The predicted octanol–water partition coefficient (Wildman–Crippen LogP) is 7.98. The number of nitrogens with one attached hydrogen (secondary N) is 3. The molecule has 0 fully saturated rings. The molecule has 0 bridgehead atoms. The smallest absolute Gasteiger partial charge is 0.272 e. The zero-order valence-electron chi connectivity index (χ0n) is 23.6. The molecule has 3 amide bonds. The highest BCUT2D eigenvalue weighted by molar-refractivity contribution is 9.10. The minimum atomic E-state index is -0.469. The number of hydrogen-bond donors (Lipinski definition) is 3. The van der Waals surface area contributed by atoms with Gasteiger partial charge in [0.25, 0.3) is 11.8 Å². The third-order valence-electron chi connectivity index (χ3n) is 6.52. The number of aryl methyl sites for hydroxylation is 2. The van der Waals surface area contributed by atoms with Crippen molar-refractivity contribution in [2.45, 2.75) is 37.3 Å². The number of carbonyl (C=O) groups is 3. The molecule has 6 nitrogen and oxygen atoms in total. The molecule has 0 heterocycles. The summed E-state index contributed by atoms with van der Waals surface area (Å²) >= 11 is 4.85. The minimum absolute atomic E-state index is 0.0801. The monoisotopic (exact) mass is 641 g/mol. The maximum atomic E-state index is 13.4. The Morgan fingerprint density at radius 1 is 0.810 bits per heavy atom. The van der Waals surface area contributed by atoms with E-state index in [1.807, 2.05) is 87.5 Å². The zero-order chi connectivity index (χ0) is 30.1. The molecule has 1 atom stereocenters. The molecule has 0 saturated carbocycles. The van der Waals surface area contributed by atoms with Gasteiger partial charge in [-0.1, -0.05) is 65.3 Å². The fourth-order valence-corrected chi connectivity index (χ4v) is 5.32. The Kier molecular flexibility index (Phi) is 10.8. The van der Waals surface area contributed by atoms with Crippen LogP contribution in [0.3, 0.4) is 0 Å². The van der Waals surface area contributed by atoms with Gasteiger partial charge in [0.05, 0.1) is 5.25 Å². The summed E-state index contributed by atoms with van der Waals surface area (Å²) in [5.74, 6) is -0.939. The molecule has 214 valence electrons. The molecule has 0 saturated heterocycles. The molecule has 4 rings (SSSR count). The number of rotatable bonds is 10. The van der Waals surface area contributed by atoms with Crippen LogP contribution in [0.25, 0.3) is 6.08 Å². The number of amides is 3. The predicted molar refractivity (Wildman–Crippen MR) is 176 cm³/mol. The quantitative estimate of drug-likeness (QED) is 0.121. The molecule has 0 radical (unpaired) electrons. The van der Waals surface area contributed by atoms with Gasteiger partial charge in [-0.15, -0.1) is 11.8 Å². The van der Waals surface area contributed by atoms with Crippen molar-refractivity contribution in [2.75, 3.05) is 10.6 Å². The number of thioether (sulfide) groups is 1. The zero-order valence-corrected chi connectivity index (χ0v) is 26.0. The van der Waals surface area contributed by atoms with E-state index in [1.165, 1.54) is 17.3 Å². The lowest BCUT2D eigenvalue weighted by Gasteiger charge is -2.16. The molecule has 3 N–H and O–H groups in total. The summed E-state index contributed by atoms with van der Waals surface area (Å²) in [5, 5.41) is 8.35. The standard InChI is InChI=1S/C34H32BrN3O3S/c1-4-31(34(41)37-28-18-13-22(2)23(3)19-28)42-29-12-8-11-27(21-29)36-33(40)30(20-24-14-16-26(35)17-15-24)38-32(39)25-9-6-5-7-10-25/h5-21,31H,4H2,1-3H3,(H,36,40)(H,37,41)(H,38,39)/b30-20-. The van der Waals surface area contributed by atoms with Gasteiger partial charge in [0, 0.05) is 26.3 Å². The van der Waals surface area contributed by atoms with Gasteiger partial charge in [-0.25, -0.2) is 0 Å². The molecular formula is C34H32BrN3O3S. The SMILES string of the molecule is CCC(Sc1cccc(NC(=O)/C(=C/c2ccc(Br)cc2)NC(=O)c2ccccc2)c1)C(=O)Nc1ccc(C)c(C)c1. The van der Waals surface area contributed by atoms with Crippen LogP contribution in [0.15, 0.2) is 112 Å². The van der Waals surface area contributed by atoms with Gasteiger partial charge in [0.2, 0.25) is 5.91 Å². The lowest BCUT2D eigenvalue weighted by molar-refractivity contribution is -0.116. The van der Waals surface area contributed by atoms with E-state index in [0.717, 1.165) is 26.2 Å². The van der Waals surface area contributed by atoms with Crippen molar-refractivity contribution >= 4 is 62.9 Å². The average molecular weight is 643 g/mol. The average Bonchev–Trinajstić information content (AvgIpc) is 2.99. The first-order valence-corrected chi connectivity index (χ1v) is 15.2. The second-order valence-electron chi connectivity index (χ2n) is 9.71. The molecule has 42 heavy (non-hydrogen) atoms. The number of anilines is 2. The second-order valence-corrected chi connectivity index (χ2v) is 11.9. The topological polar surface area (TPSA) is 87.3 Å². The molecule has 4 aromatic rings. The van der Waals surface area contributed by atoms with Crippen LogP contribution in [-0.4, -0.2) is 23.0 Å². The van der Waals surface area contributed by atoms with E-state index in [-0.39, 0.29) is 22.8 Å². The van der Waals surface area contributed by atoms with E-state index in [9.17, 15) is 14.4 Å². The van der Waals surface area contributed by atoms with Crippen molar-refractivity contribution in [1.82, 2.24) is 5.32 Å². The van der Waals surface area contributed by atoms with Crippen LogP contribution >= 0.6 is 27.7 Å². The Morgan fingerprint density at radius 2 is 1.52 bits per heavy atom. The van der Waals surface area contributed by atoms with E-state index in [4.69, 9.17) is 0 Å². The molecular weight excluding hydrogens is 610 g/mol. The largest absolute Gasteiger partial charge is 0.325 e. The molecule has 8 heteroatoms. The summed E-state index contributed by atoms with van der Waals surface area (Å²) in [6.07, 6.45) is 2.26. The van der Waals surface area contributed by atoms with Gasteiger partial charge in [0.1, 0.15) is 5.70 Å². The van der Waals surface area contributed by atoms with Gasteiger partial charge in [-0.2, -0.15) is 0 Å². The Morgan fingerprint density at radius 3 is 2.21 bits per heavy atom. The van der Waals surface area contributed by atoms with Gasteiger partial charge >= 0.3 is 0 Å². The van der Waals surface area contributed by atoms with Crippen molar-refractivity contribution in [2.24, 2.45) is 0 Å². The minimum Gasteiger partial charge on any atom is -0.325 e. The summed E-state index contributed by atoms with van der Waals surface area (Å²) in [5.41, 5.74) is 4.89. The molecule has 1 unspecified atom stereocenters. The van der Waals surface area contributed by atoms with E-state index in [1.54, 1.807) is 36.4 Å². The summed E-state index contributed by atoms with van der Waals surface area (Å²) in [7, 11) is 0. The Bertz CT molecular complexity index is 1600. The van der Waals surface area contributed by atoms with Crippen LogP contribution in [0.5, 0.6) is 0 Å². The number of hydrogen-bond acceptors (Lipinski definition) is 4. The van der Waals surface area contributed by atoms with Crippen LogP contribution in [0, 0.1) is 13.8 Å². The van der Waals surface area contributed by atoms with E-state index in [2.05, 4.69) is 31.9 Å². The lowest BCUT2D eigenvalue weighted by Crippen LogP contribution is -2.30. The van der Waals surface area contributed by atoms with Crippen LogP contribution in [0.1, 0.15) is 40.4 Å². The van der Waals surface area contributed by atoms with Crippen LogP contribution < -0.4 is 16.0 Å². The summed E-state index contributed by atoms with van der Waals surface area (Å²) in [6.45, 7) is 6.02. The Labute approximate surface area is 259 Å². The highest BCUT2D eigenvalue weighted by atomic mass is 79.9. The third-order valence-corrected chi connectivity index (χ3v) is 8.40. The Hall–Kier alpha value is -4.14. The Balaban J connectivity index is 1.49. The number of benzene rings is 4. The normalized spacial score (nSPS) is 11.9. The van der Waals surface area contributed by atoms with Gasteiger partial charge in [-0.05, 0) is 97.6 Å². The number of carbonyl (C=O) groups excluding carboxylic acids is 3.